The van der Waals surface area contributed by atoms with Crippen molar-refractivity contribution in [2.45, 2.75) is 42.4 Å². The lowest BCUT2D eigenvalue weighted by molar-refractivity contribution is -0.111. The second-order valence-electron chi connectivity index (χ2n) is 3.51. The zero-order valence-electron chi connectivity index (χ0n) is 7.06. The summed E-state index contributed by atoms with van der Waals surface area (Å²) in [7, 11) is 0. The predicted octanol–water partition coefficient (Wildman–Crippen LogP) is 3.53. The van der Waals surface area contributed by atoms with Crippen LogP contribution in [-0.2, 0) is 4.79 Å². The van der Waals surface area contributed by atoms with E-state index in [2.05, 4.69) is 22.6 Å². The lowest BCUT2D eigenvalue weighted by atomic mass is 9.86. The van der Waals surface area contributed by atoms with Crippen LogP contribution in [-0.4, -0.2) is 9.17 Å². The van der Waals surface area contributed by atoms with Crippen LogP contribution in [0.3, 0.4) is 0 Å². The van der Waals surface area contributed by atoms with Gasteiger partial charge in [0.25, 0.3) is 0 Å². The highest BCUT2D eigenvalue weighted by atomic mass is 127. The minimum Gasteiger partial charge on any atom is -0.280 e. The Morgan fingerprint density at radius 1 is 1.42 bits per heavy atom. The van der Waals surface area contributed by atoms with Crippen molar-refractivity contribution < 1.29 is 4.79 Å². The molecule has 0 radical (unpaired) electrons. The normalized spacial score (nSPS) is 22.2. The highest BCUT2D eigenvalue weighted by Crippen LogP contribution is 2.29. The maximum absolute atomic E-state index is 10.8. The number of hydrogen-bond acceptors (Lipinski definition) is 1. The van der Waals surface area contributed by atoms with Gasteiger partial charge in [-0.1, -0.05) is 54.7 Å². The molecule has 1 atom stereocenters. The molecule has 0 aliphatic heterocycles. The van der Waals surface area contributed by atoms with Gasteiger partial charge in [0, 0.05) is 0 Å². The van der Waals surface area contributed by atoms with Gasteiger partial charge in [0.2, 0.25) is 5.24 Å². The number of hydrogen-bond donors (Lipinski definition) is 0. The van der Waals surface area contributed by atoms with Gasteiger partial charge in [-0.05, 0) is 23.9 Å². The molecule has 0 heterocycles. The molecule has 1 rings (SSSR count). The van der Waals surface area contributed by atoms with Crippen LogP contribution < -0.4 is 0 Å². The number of rotatable bonds is 3. The minimum atomic E-state index is -0.179. The van der Waals surface area contributed by atoms with Crippen molar-refractivity contribution in [3.05, 3.63) is 0 Å². The van der Waals surface area contributed by atoms with Crippen molar-refractivity contribution in [1.82, 2.24) is 0 Å². The fraction of sp³-hybridized carbons (Fsp3) is 0.889. The summed E-state index contributed by atoms with van der Waals surface area (Å²) in [6.07, 6.45) is 7.63. The van der Waals surface area contributed by atoms with Gasteiger partial charge in [0.1, 0.15) is 0 Å². The summed E-state index contributed by atoms with van der Waals surface area (Å²) >= 11 is 7.55. The molecule has 1 saturated carbocycles. The third-order valence-electron chi connectivity index (χ3n) is 2.51. The van der Waals surface area contributed by atoms with Crippen LogP contribution in [0.4, 0.5) is 0 Å². The van der Waals surface area contributed by atoms with E-state index in [4.69, 9.17) is 11.6 Å². The zero-order valence-corrected chi connectivity index (χ0v) is 9.97. The lowest BCUT2D eigenvalue weighted by Crippen LogP contribution is -2.15. The van der Waals surface area contributed by atoms with Crippen molar-refractivity contribution >= 4 is 39.4 Å². The average Bonchev–Trinajstić information content (AvgIpc) is 2.06. The van der Waals surface area contributed by atoms with Crippen LogP contribution in [0, 0.1) is 5.92 Å². The maximum atomic E-state index is 10.8. The smallest absolute Gasteiger partial charge is 0.234 e. The largest absolute Gasteiger partial charge is 0.280 e. The summed E-state index contributed by atoms with van der Waals surface area (Å²) in [5.41, 5.74) is 0. The number of alkyl halides is 1. The number of halogens is 2. The zero-order chi connectivity index (χ0) is 8.97. The molecule has 0 amide bonds. The lowest BCUT2D eigenvalue weighted by Gasteiger charge is -2.22. The molecule has 1 aliphatic carbocycles. The summed E-state index contributed by atoms with van der Waals surface area (Å²) in [6, 6.07) is 0. The fourth-order valence-electron chi connectivity index (χ4n) is 1.81. The van der Waals surface area contributed by atoms with Crippen LogP contribution in [0.1, 0.15) is 38.5 Å². The summed E-state index contributed by atoms with van der Waals surface area (Å²) in [5, 5.41) is -0.179. The molecule has 1 nitrogen and oxygen atoms in total. The Balaban J connectivity index is 2.24. The van der Waals surface area contributed by atoms with E-state index >= 15 is 0 Å². The molecule has 0 aromatic carbocycles. The molecule has 0 bridgehead atoms. The van der Waals surface area contributed by atoms with E-state index in [1.54, 1.807) is 0 Å². The molecule has 0 unspecified atom stereocenters. The van der Waals surface area contributed by atoms with Gasteiger partial charge in [-0.2, -0.15) is 0 Å². The Morgan fingerprint density at radius 2 is 2.00 bits per heavy atom. The van der Waals surface area contributed by atoms with Gasteiger partial charge in [0.15, 0.2) is 0 Å². The summed E-state index contributed by atoms with van der Waals surface area (Å²) in [6.45, 7) is 0. The van der Waals surface area contributed by atoms with Gasteiger partial charge in [-0.3, -0.25) is 4.79 Å². The van der Waals surface area contributed by atoms with Crippen molar-refractivity contribution in [3.8, 4) is 0 Å². The first kappa shape index (κ1) is 10.8. The second kappa shape index (κ2) is 5.43. The monoisotopic (exact) mass is 300 g/mol. The molecule has 70 valence electrons. The highest BCUT2D eigenvalue weighted by molar-refractivity contribution is 14.1. The van der Waals surface area contributed by atoms with E-state index in [1.807, 2.05) is 0 Å². The summed E-state index contributed by atoms with van der Waals surface area (Å²) in [4.78, 5) is 10.8. The van der Waals surface area contributed by atoms with E-state index in [0.29, 0.717) is 0 Å². The van der Waals surface area contributed by atoms with Crippen LogP contribution in [0.5, 0.6) is 0 Å². The van der Waals surface area contributed by atoms with Crippen LogP contribution in [0.15, 0.2) is 0 Å². The minimum absolute atomic E-state index is 0.0346. The molecule has 1 fully saturated rings. The molecular formula is C9H14ClIO. The van der Waals surface area contributed by atoms with Crippen molar-refractivity contribution in [2.75, 3.05) is 0 Å². The average molecular weight is 301 g/mol. The summed E-state index contributed by atoms with van der Waals surface area (Å²) in [5.74, 6) is 0.753. The maximum Gasteiger partial charge on any atom is 0.234 e. The van der Waals surface area contributed by atoms with Crippen molar-refractivity contribution in [2.24, 2.45) is 5.92 Å². The Bertz CT molecular complexity index is 155. The molecule has 0 aromatic rings. The Labute approximate surface area is 92.4 Å². The topological polar surface area (TPSA) is 17.1 Å². The van der Waals surface area contributed by atoms with E-state index in [-0.39, 0.29) is 9.17 Å². The van der Waals surface area contributed by atoms with E-state index < -0.39 is 0 Å². The predicted molar refractivity (Wildman–Crippen MR) is 59.9 cm³/mol. The SMILES string of the molecule is O=C(Cl)[C@@H](I)CC1CCCCC1. The number of carbonyl (C=O) groups is 1. The third-order valence-corrected chi connectivity index (χ3v) is 4.22. The molecule has 0 saturated heterocycles. The highest BCUT2D eigenvalue weighted by Gasteiger charge is 2.20. The quantitative estimate of drug-likeness (QED) is 0.443. The molecule has 1 aliphatic rings. The molecule has 3 heteroatoms. The molecule has 0 aromatic heterocycles. The van der Waals surface area contributed by atoms with Crippen LogP contribution in [0.25, 0.3) is 0 Å². The van der Waals surface area contributed by atoms with Gasteiger partial charge in [-0.25, -0.2) is 0 Å². The summed E-state index contributed by atoms with van der Waals surface area (Å²) < 4.78 is 0.0346. The standard InChI is InChI=1S/C9H14ClIO/c10-9(12)8(11)6-7-4-2-1-3-5-7/h7-8H,1-6H2/t8-/m0/s1. The van der Waals surface area contributed by atoms with Gasteiger partial charge in [0.05, 0.1) is 3.92 Å². The van der Waals surface area contributed by atoms with Gasteiger partial charge >= 0.3 is 0 Å². The molecule has 0 N–H and O–H groups in total. The second-order valence-corrected chi connectivity index (χ2v) is 5.39. The first-order valence-corrected chi connectivity index (χ1v) is 6.16. The van der Waals surface area contributed by atoms with Crippen molar-refractivity contribution in [3.63, 3.8) is 0 Å². The van der Waals surface area contributed by atoms with E-state index in [0.717, 1.165) is 12.3 Å². The first-order chi connectivity index (χ1) is 5.70. The molecule has 12 heavy (non-hydrogen) atoms. The Morgan fingerprint density at radius 3 is 2.50 bits per heavy atom. The first-order valence-electron chi connectivity index (χ1n) is 4.53. The van der Waals surface area contributed by atoms with E-state index in [9.17, 15) is 4.79 Å². The fourth-order valence-corrected chi connectivity index (χ4v) is 2.62. The molecule has 0 spiro atoms. The molecular weight excluding hydrogens is 286 g/mol. The Hall–Kier alpha value is 0.690. The third kappa shape index (κ3) is 3.60. The van der Waals surface area contributed by atoms with E-state index in [1.165, 1.54) is 32.1 Å². The Kier molecular flexibility index (Phi) is 4.87. The van der Waals surface area contributed by atoms with Crippen LogP contribution in [0.2, 0.25) is 0 Å². The van der Waals surface area contributed by atoms with Gasteiger partial charge in [-0.15, -0.1) is 0 Å². The number of carbonyl (C=O) groups excluding carboxylic acids is 1. The van der Waals surface area contributed by atoms with Crippen molar-refractivity contribution in [1.29, 1.82) is 0 Å². The van der Waals surface area contributed by atoms with Gasteiger partial charge < -0.3 is 0 Å². The van der Waals surface area contributed by atoms with Crippen LogP contribution >= 0.6 is 34.2 Å².